The van der Waals surface area contributed by atoms with Gasteiger partial charge in [-0.05, 0) is 48.9 Å². The smallest absolute Gasteiger partial charge is 0.272 e. The highest BCUT2D eigenvalue weighted by Crippen LogP contribution is 2.42. The Morgan fingerprint density at radius 3 is 2.78 bits per heavy atom. The van der Waals surface area contributed by atoms with E-state index in [2.05, 4.69) is 32.2 Å². The average molecular weight is 487 g/mol. The monoisotopic (exact) mass is 486 g/mol. The maximum atomic E-state index is 13.4. The average Bonchev–Trinajstić information content (AvgIpc) is 3.23. The predicted octanol–water partition coefficient (Wildman–Crippen LogP) is 4.22. The summed E-state index contributed by atoms with van der Waals surface area (Å²) in [7, 11) is 1.57. The van der Waals surface area contributed by atoms with Crippen LogP contribution in [0.15, 0.2) is 61.3 Å². The largest absolute Gasteiger partial charge is 0.493 e. The Labute approximate surface area is 206 Å². The van der Waals surface area contributed by atoms with Crippen molar-refractivity contribution in [3.05, 3.63) is 84.0 Å². The van der Waals surface area contributed by atoms with Gasteiger partial charge >= 0.3 is 0 Å². The topological polar surface area (TPSA) is 104 Å². The number of benzene rings is 2. The van der Waals surface area contributed by atoms with Crippen LogP contribution >= 0.6 is 0 Å². The first-order valence-corrected chi connectivity index (χ1v) is 11.3. The molecule has 1 aliphatic heterocycles. The maximum Gasteiger partial charge on any atom is 0.272 e. The molecule has 182 valence electrons. The molecule has 0 saturated carbocycles. The summed E-state index contributed by atoms with van der Waals surface area (Å²) in [4.78, 5) is 17.3. The minimum atomic E-state index is -0.344. The number of anilines is 1. The van der Waals surface area contributed by atoms with Gasteiger partial charge in [0.05, 0.1) is 24.7 Å². The van der Waals surface area contributed by atoms with E-state index in [-0.39, 0.29) is 30.0 Å². The van der Waals surface area contributed by atoms with Crippen molar-refractivity contribution in [2.24, 2.45) is 0 Å². The Morgan fingerprint density at radius 2 is 2.03 bits per heavy atom. The number of nitrogens with zero attached hydrogens (tertiary/aromatic N) is 5. The summed E-state index contributed by atoms with van der Waals surface area (Å²) in [6.45, 7) is 5.89. The third-order valence-corrected chi connectivity index (χ3v) is 5.93. The summed E-state index contributed by atoms with van der Waals surface area (Å²) in [6, 6.07) is 11.5. The SMILES string of the molecule is C=CCOc1ccc(C2CC(=O)Nc3c2c(C)nn3-c2nncc(-c3ccc(F)cc3)n2)cc1OC. The zero-order valence-electron chi connectivity index (χ0n) is 19.7. The van der Waals surface area contributed by atoms with Gasteiger partial charge in [-0.2, -0.15) is 14.9 Å². The van der Waals surface area contributed by atoms with Gasteiger partial charge in [0.1, 0.15) is 18.2 Å². The highest BCUT2D eigenvalue weighted by molar-refractivity contribution is 5.95. The van der Waals surface area contributed by atoms with E-state index < -0.39 is 0 Å². The summed E-state index contributed by atoms with van der Waals surface area (Å²) in [5, 5.41) is 15.7. The Morgan fingerprint density at radius 1 is 1.22 bits per heavy atom. The van der Waals surface area contributed by atoms with Crippen LogP contribution < -0.4 is 14.8 Å². The van der Waals surface area contributed by atoms with E-state index in [1.807, 2.05) is 25.1 Å². The standard InChI is InChI=1S/C26H23FN6O3/c1-4-11-36-21-10-7-17(12-22(21)35-3)19-13-23(34)30-25-24(19)15(2)32-33(25)26-29-20(14-28-31-26)16-5-8-18(27)9-6-16/h4-10,12,14,19H,1,11,13H2,2-3H3,(H,30,34). The summed E-state index contributed by atoms with van der Waals surface area (Å²) in [5.74, 6) is 1.05. The number of carbonyl (C=O) groups excluding carboxylic acids is 1. The molecule has 1 atom stereocenters. The summed E-state index contributed by atoms with van der Waals surface area (Å²) < 4.78 is 26.0. The number of carbonyl (C=O) groups is 1. The number of nitrogens with one attached hydrogen (secondary N) is 1. The van der Waals surface area contributed by atoms with Crippen molar-refractivity contribution in [2.45, 2.75) is 19.3 Å². The summed E-state index contributed by atoms with van der Waals surface area (Å²) in [5.41, 5.74) is 3.64. The zero-order valence-corrected chi connectivity index (χ0v) is 19.7. The zero-order chi connectivity index (χ0) is 25.2. The fourth-order valence-electron chi connectivity index (χ4n) is 4.29. The molecular weight excluding hydrogens is 463 g/mol. The molecular formula is C26H23FN6O3. The lowest BCUT2D eigenvalue weighted by Gasteiger charge is -2.25. The van der Waals surface area contributed by atoms with Gasteiger partial charge in [-0.25, -0.2) is 9.37 Å². The quantitative estimate of drug-likeness (QED) is 0.390. The maximum absolute atomic E-state index is 13.4. The lowest BCUT2D eigenvalue weighted by molar-refractivity contribution is -0.116. The minimum absolute atomic E-state index is 0.165. The molecule has 0 fully saturated rings. The van der Waals surface area contributed by atoms with Crippen LogP contribution in [0.2, 0.25) is 0 Å². The first kappa shape index (κ1) is 23.2. The molecule has 1 aliphatic rings. The molecule has 3 heterocycles. The number of aryl methyl sites for hydroxylation is 1. The Kier molecular flexibility index (Phi) is 6.16. The first-order valence-electron chi connectivity index (χ1n) is 11.3. The van der Waals surface area contributed by atoms with Crippen LogP contribution in [-0.2, 0) is 4.79 Å². The summed E-state index contributed by atoms with van der Waals surface area (Å²) in [6.07, 6.45) is 3.39. The molecule has 9 nitrogen and oxygen atoms in total. The summed E-state index contributed by atoms with van der Waals surface area (Å²) >= 11 is 0. The van der Waals surface area contributed by atoms with Gasteiger partial charge in [-0.3, -0.25) is 4.79 Å². The van der Waals surface area contributed by atoms with Crippen LogP contribution in [0.5, 0.6) is 11.5 Å². The molecule has 5 rings (SSSR count). The van der Waals surface area contributed by atoms with Crippen LogP contribution in [0, 0.1) is 12.7 Å². The number of hydrogen-bond donors (Lipinski definition) is 1. The van der Waals surface area contributed by atoms with Crippen LogP contribution in [0.1, 0.15) is 29.2 Å². The van der Waals surface area contributed by atoms with Crippen molar-refractivity contribution < 1.29 is 18.7 Å². The molecule has 0 radical (unpaired) electrons. The van der Waals surface area contributed by atoms with Crippen molar-refractivity contribution >= 4 is 11.7 Å². The number of aromatic nitrogens is 5. The third-order valence-electron chi connectivity index (χ3n) is 5.93. The number of methoxy groups -OCH3 is 1. The molecule has 1 N–H and O–H groups in total. The van der Waals surface area contributed by atoms with E-state index in [9.17, 15) is 9.18 Å². The molecule has 1 unspecified atom stereocenters. The second-order valence-corrected chi connectivity index (χ2v) is 8.22. The van der Waals surface area contributed by atoms with Crippen LogP contribution in [0.3, 0.4) is 0 Å². The molecule has 4 aromatic rings. The molecule has 0 aliphatic carbocycles. The van der Waals surface area contributed by atoms with E-state index in [1.54, 1.807) is 25.3 Å². The number of rotatable bonds is 7. The lowest BCUT2D eigenvalue weighted by Crippen LogP contribution is -2.25. The minimum Gasteiger partial charge on any atom is -0.493 e. The predicted molar refractivity (Wildman–Crippen MR) is 131 cm³/mol. The highest BCUT2D eigenvalue weighted by Gasteiger charge is 2.33. The number of fused-ring (bicyclic) bond motifs is 1. The molecule has 0 bridgehead atoms. The number of amides is 1. The third kappa shape index (κ3) is 4.28. The number of ether oxygens (including phenoxy) is 2. The van der Waals surface area contributed by atoms with Crippen LogP contribution in [-0.4, -0.2) is 44.6 Å². The van der Waals surface area contributed by atoms with Crippen molar-refractivity contribution in [3.63, 3.8) is 0 Å². The van der Waals surface area contributed by atoms with Crippen molar-refractivity contribution in [3.8, 4) is 28.7 Å². The fourth-order valence-corrected chi connectivity index (χ4v) is 4.29. The number of hydrogen-bond acceptors (Lipinski definition) is 7. The Balaban J connectivity index is 1.56. The van der Waals surface area contributed by atoms with Crippen molar-refractivity contribution in [1.82, 2.24) is 25.0 Å². The fraction of sp³-hybridized carbons (Fsp3) is 0.192. The van der Waals surface area contributed by atoms with E-state index in [0.29, 0.717) is 35.2 Å². The van der Waals surface area contributed by atoms with E-state index in [1.165, 1.54) is 23.0 Å². The molecule has 2 aromatic carbocycles. The molecule has 10 heteroatoms. The normalized spacial score (nSPS) is 14.6. The van der Waals surface area contributed by atoms with Gasteiger partial charge in [0.15, 0.2) is 11.5 Å². The molecule has 0 spiro atoms. The van der Waals surface area contributed by atoms with Gasteiger partial charge in [0.25, 0.3) is 5.95 Å². The van der Waals surface area contributed by atoms with Crippen LogP contribution in [0.4, 0.5) is 10.2 Å². The van der Waals surface area contributed by atoms with E-state index >= 15 is 0 Å². The molecule has 2 aromatic heterocycles. The van der Waals surface area contributed by atoms with Crippen LogP contribution in [0.25, 0.3) is 17.2 Å². The van der Waals surface area contributed by atoms with E-state index in [0.717, 1.165) is 16.8 Å². The molecule has 36 heavy (non-hydrogen) atoms. The Hall–Kier alpha value is -4.60. The number of halogens is 1. The Bertz CT molecular complexity index is 1450. The van der Waals surface area contributed by atoms with Gasteiger partial charge in [0.2, 0.25) is 5.91 Å². The van der Waals surface area contributed by atoms with Gasteiger partial charge in [-0.15, -0.1) is 5.10 Å². The van der Waals surface area contributed by atoms with Gasteiger partial charge in [-0.1, -0.05) is 18.7 Å². The second kappa shape index (κ2) is 9.57. The first-order chi connectivity index (χ1) is 17.5. The van der Waals surface area contributed by atoms with Crippen molar-refractivity contribution in [1.29, 1.82) is 0 Å². The lowest BCUT2D eigenvalue weighted by atomic mass is 9.85. The van der Waals surface area contributed by atoms with E-state index in [4.69, 9.17) is 9.47 Å². The van der Waals surface area contributed by atoms with Crippen molar-refractivity contribution in [2.75, 3.05) is 19.0 Å². The molecule has 1 amide bonds. The molecule has 0 saturated heterocycles. The second-order valence-electron chi connectivity index (χ2n) is 8.22. The van der Waals surface area contributed by atoms with Gasteiger partial charge in [0, 0.05) is 23.5 Å². The van der Waals surface area contributed by atoms with Gasteiger partial charge < -0.3 is 14.8 Å². The highest BCUT2D eigenvalue weighted by atomic mass is 19.1.